The van der Waals surface area contributed by atoms with Gasteiger partial charge in [0, 0.05) is 49.0 Å². The van der Waals surface area contributed by atoms with Crippen molar-refractivity contribution in [2.24, 2.45) is 0 Å². The molecule has 1 saturated heterocycles. The average Bonchev–Trinajstić information content (AvgIpc) is 3.39. The van der Waals surface area contributed by atoms with Crippen LogP contribution in [-0.2, 0) is 0 Å². The molecule has 0 saturated carbocycles. The third kappa shape index (κ3) is 2.92. The summed E-state index contributed by atoms with van der Waals surface area (Å²) in [6, 6.07) is 18.1. The zero-order valence-corrected chi connectivity index (χ0v) is 15.3. The number of para-hydroxylation sites is 1. The number of piperazine rings is 1. The monoisotopic (exact) mass is 369 g/mol. The van der Waals surface area contributed by atoms with E-state index in [0.29, 0.717) is 5.56 Å². The third-order valence-electron chi connectivity index (χ3n) is 5.10. The first-order valence-electron chi connectivity index (χ1n) is 9.36. The van der Waals surface area contributed by atoms with E-state index in [9.17, 15) is 5.26 Å². The van der Waals surface area contributed by atoms with Crippen molar-refractivity contribution in [1.29, 1.82) is 5.26 Å². The Morgan fingerprint density at radius 2 is 1.93 bits per heavy atom. The Hall–Kier alpha value is -3.56. The Balaban J connectivity index is 1.52. The quantitative estimate of drug-likeness (QED) is 0.574. The lowest BCUT2D eigenvalue weighted by atomic mass is 10.1. The van der Waals surface area contributed by atoms with Crippen molar-refractivity contribution in [3.63, 3.8) is 0 Å². The lowest BCUT2D eigenvalue weighted by Crippen LogP contribution is -2.44. The summed E-state index contributed by atoms with van der Waals surface area (Å²) in [6.45, 7) is 3.61. The Morgan fingerprint density at radius 1 is 1.07 bits per heavy atom. The highest BCUT2D eigenvalue weighted by Crippen LogP contribution is 2.31. The molecule has 1 aliphatic rings. The van der Waals surface area contributed by atoms with E-state index in [-0.39, 0.29) is 0 Å². The van der Waals surface area contributed by atoms with Gasteiger partial charge in [-0.15, -0.1) is 0 Å². The second-order valence-electron chi connectivity index (χ2n) is 6.87. The van der Waals surface area contributed by atoms with Gasteiger partial charge in [0.15, 0.2) is 5.76 Å². The number of fused-ring (bicyclic) bond motifs is 1. The molecule has 0 radical (unpaired) electrons. The number of benzene rings is 1. The van der Waals surface area contributed by atoms with Crippen LogP contribution < -0.4 is 10.2 Å². The fourth-order valence-corrected chi connectivity index (χ4v) is 3.66. The molecule has 28 heavy (non-hydrogen) atoms. The largest absolute Gasteiger partial charge is 0.454 e. The molecule has 5 rings (SSSR count). The molecule has 6 heteroatoms. The number of aromatic nitrogens is 2. The van der Waals surface area contributed by atoms with Crippen molar-refractivity contribution in [3.8, 4) is 28.8 Å². The van der Waals surface area contributed by atoms with Gasteiger partial charge in [0.2, 0.25) is 0 Å². The predicted octanol–water partition coefficient (Wildman–Crippen LogP) is 3.77. The highest BCUT2D eigenvalue weighted by Gasteiger charge is 2.18. The minimum atomic E-state index is 0.666. The number of nitrogens with one attached hydrogen (secondary N) is 2. The molecule has 0 atom stereocenters. The van der Waals surface area contributed by atoms with Gasteiger partial charge in [-0.1, -0.05) is 18.2 Å². The molecule has 138 valence electrons. The molecule has 1 aliphatic heterocycles. The summed E-state index contributed by atoms with van der Waals surface area (Å²) < 4.78 is 5.95. The van der Waals surface area contributed by atoms with E-state index in [1.807, 2.05) is 48.5 Å². The number of H-pyrrole nitrogens is 1. The summed E-state index contributed by atoms with van der Waals surface area (Å²) in [5.74, 6) is 1.62. The Bertz CT molecular complexity index is 1140. The van der Waals surface area contributed by atoms with Gasteiger partial charge in [-0.25, -0.2) is 0 Å². The number of pyridine rings is 1. The molecule has 0 aliphatic carbocycles. The van der Waals surface area contributed by atoms with Gasteiger partial charge in [-0.2, -0.15) is 5.26 Å². The van der Waals surface area contributed by atoms with Crippen LogP contribution in [0, 0.1) is 11.3 Å². The van der Waals surface area contributed by atoms with Gasteiger partial charge < -0.3 is 19.6 Å². The summed E-state index contributed by atoms with van der Waals surface area (Å²) in [7, 11) is 0. The first kappa shape index (κ1) is 16.6. The van der Waals surface area contributed by atoms with Crippen LogP contribution >= 0.6 is 0 Å². The number of hydrogen-bond acceptors (Lipinski definition) is 5. The van der Waals surface area contributed by atoms with Crippen LogP contribution in [0.3, 0.4) is 0 Å². The molecular weight excluding hydrogens is 350 g/mol. The maximum Gasteiger partial charge on any atom is 0.153 e. The van der Waals surface area contributed by atoms with E-state index >= 15 is 0 Å². The molecule has 0 amide bonds. The minimum absolute atomic E-state index is 0.666. The first-order valence-corrected chi connectivity index (χ1v) is 9.36. The smallest absolute Gasteiger partial charge is 0.153 e. The van der Waals surface area contributed by atoms with Crippen molar-refractivity contribution in [1.82, 2.24) is 15.3 Å². The maximum absolute atomic E-state index is 9.58. The van der Waals surface area contributed by atoms with Crippen molar-refractivity contribution in [2.75, 3.05) is 31.1 Å². The van der Waals surface area contributed by atoms with Gasteiger partial charge in [-0.3, -0.25) is 4.98 Å². The molecule has 2 N–H and O–H groups in total. The van der Waals surface area contributed by atoms with E-state index in [1.165, 1.54) is 0 Å². The number of nitriles is 1. The Labute approximate surface area is 162 Å². The van der Waals surface area contributed by atoms with Gasteiger partial charge in [0.1, 0.15) is 23.2 Å². The number of anilines is 1. The van der Waals surface area contributed by atoms with E-state index < -0.39 is 0 Å². The zero-order chi connectivity index (χ0) is 18.9. The van der Waals surface area contributed by atoms with Crippen molar-refractivity contribution >= 4 is 16.8 Å². The molecule has 0 spiro atoms. The summed E-state index contributed by atoms with van der Waals surface area (Å²) in [6.07, 6.45) is 1.77. The summed E-state index contributed by atoms with van der Waals surface area (Å²) in [5.41, 5.74) is 4.16. The van der Waals surface area contributed by atoms with E-state index in [2.05, 4.69) is 26.3 Å². The topological polar surface area (TPSA) is 80.9 Å². The molecular formula is C22H19N5O. The third-order valence-corrected chi connectivity index (χ3v) is 5.10. The minimum Gasteiger partial charge on any atom is -0.454 e. The van der Waals surface area contributed by atoms with Crippen molar-refractivity contribution in [3.05, 3.63) is 60.3 Å². The van der Waals surface area contributed by atoms with Gasteiger partial charge in [-0.05, 0) is 30.3 Å². The van der Waals surface area contributed by atoms with Gasteiger partial charge in [0.05, 0.1) is 5.56 Å². The number of rotatable bonds is 3. The highest BCUT2D eigenvalue weighted by atomic mass is 16.3. The van der Waals surface area contributed by atoms with Crippen molar-refractivity contribution in [2.45, 2.75) is 0 Å². The van der Waals surface area contributed by atoms with Crippen LogP contribution in [0.1, 0.15) is 5.56 Å². The second-order valence-corrected chi connectivity index (χ2v) is 6.87. The molecule has 0 bridgehead atoms. The zero-order valence-electron chi connectivity index (χ0n) is 15.3. The average molecular weight is 369 g/mol. The van der Waals surface area contributed by atoms with Crippen LogP contribution in [0.25, 0.3) is 33.7 Å². The van der Waals surface area contributed by atoms with Gasteiger partial charge >= 0.3 is 0 Å². The highest BCUT2D eigenvalue weighted by molar-refractivity contribution is 5.83. The number of nitrogens with zero attached hydrogens (tertiary/aromatic N) is 3. The number of hydrogen-bond donors (Lipinski definition) is 2. The second kappa shape index (κ2) is 6.87. The molecule has 3 aromatic heterocycles. The van der Waals surface area contributed by atoms with Crippen LogP contribution in [0.2, 0.25) is 0 Å². The van der Waals surface area contributed by atoms with Gasteiger partial charge in [0.25, 0.3) is 0 Å². The Kier molecular flexibility index (Phi) is 4.08. The number of aromatic amines is 1. The maximum atomic E-state index is 9.58. The lowest BCUT2D eigenvalue weighted by molar-refractivity contribution is 0.585. The van der Waals surface area contributed by atoms with Crippen LogP contribution in [-0.4, -0.2) is 36.1 Å². The summed E-state index contributed by atoms with van der Waals surface area (Å²) in [5, 5.41) is 14.0. The fraction of sp³-hybridized carbons (Fsp3) is 0.182. The molecule has 1 aromatic carbocycles. The molecule has 4 aromatic rings. The van der Waals surface area contributed by atoms with Crippen LogP contribution in [0.15, 0.2) is 59.1 Å². The SMILES string of the molecule is N#Cc1cc(-c2ccnc(-c3cc4ccccc4o3)c2)[nH]c1N1CCNCC1. The lowest BCUT2D eigenvalue weighted by Gasteiger charge is -2.28. The molecule has 6 nitrogen and oxygen atoms in total. The van der Waals surface area contributed by atoms with E-state index in [1.54, 1.807) is 6.20 Å². The molecule has 1 fully saturated rings. The van der Waals surface area contributed by atoms with E-state index in [0.717, 1.165) is 65.7 Å². The molecule has 0 unspecified atom stereocenters. The number of furan rings is 1. The predicted molar refractivity (Wildman–Crippen MR) is 109 cm³/mol. The first-order chi connectivity index (χ1) is 13.8. The van der Waals surface area contributed by atoms with Crippen LogP contribution in [0.5, 0.6) is 0 Å². The standard InChI is InChI=1S/C22H19N5O/c23-14-17-12-18(26-22(17)27-9-7-24-8-10-27)15-5-6-25-19(11-15)21-13-16-3-1-2-4-20(16)28-21/h1-6,11-13,24,26H,7-10H2. The normalized spacial score (nSPS) is 14.3. The summed E-state index contributed by atoms with van der Waals surface area (Å²) in [4.78, 5) is 10.1. The van der Waals surface area contributed by atoms with E-state index in [4.69, 9.17) is 4.42 Å². The summed E-state index contributed by atoms with van der Waals surface area (Å²) >= 11 is 0. The fourth-order valence-electron chi connectivity index (χ4n) is 3.66. The van der Waals surface area contributed by atoms with Crippen molar-refractivity contribution < 1.29 is 4.42 Å². The Morgan fingerprint density at radius 3 is 2.75 bits per heavy atom. The molecule has 4 heterocycles. The van der Waals surface area contributed by atoms with Crippen LogP contribution in [0.4, 0.5) is 5.82 Å².